The first-order chi connectivity index (χ1) is 15.0. The summed E-state index contributed by atoms with van der Waals surface area (Å²) in [7, 11) is 0. The highest BCUT2D eigenvalue weighted by Crippen LogP contribution is 2.42. The van der Waals surface area contributed by atoms with Crippen LogP contribution < -0.4 is 15.5 Å². The lowest BCUT2D eigenvalue weighted by Gasteiger charge is -2.34. The average molecular weight is 472 g/mol. The van der Waals surface area contributed by atoms with Crippen molar-refractivity contribution in [2.75, 3.05) is 16.8 Å². The number of anilines is 3. The standard InChI is InChI=1S/C22H19Cl2N5OS/c1-12-29(19-17(23)3-2-4-18(19)24)21(30)16-11-26-22(28-20(16)31-12)27-15-6-5-14-10-25-8-7-13(14)9-15/h2-6,9,11-12,25H,7-8,10H2,1H3,(H,26,27,28). The van der Waals surface area contributed by atoms with Crippen molar-refractivity contribution >= 4 is 58.2 Å². The first-order valence-electron chi connectivity index (χ1n) is 9.92. The Bertz CT molecular complexity index is 1170. The quantitative estimate of drug-likeness (QED) is 0.506. The minimum absolute atomic E-state index is 0.218. The Morgan fingerprint density at radius 3 is 2.81 bits per heavy atom. The predicted octanol–water partition coefficient (Wildman–Crippen LogP) is 5.27. The first-order valence-corrected chi connectivity index (χ1v) is 11.6. The lowest BCUT2D eigenvalue weighted by atomic mass is 10.0. The van der Waals surface area contributed by atoms with Crippen LogP contribution in [-0.4, -0.2) is 27.8 Å². The Morgan fingerprint density at radius 2 is 2.00 bits per heavy atom. The fourth-order valence-corrected chi connectivity index (χ4v) is 5.47. The van der Waals surface area contributed by atoms with Gasteiger partial charge in [-0.2, -0.15) is 0 Å². The normalized spacial score (nSPS) is 17.8. The molecule has 31 heavy (non-hydrogen) atoms. The molecule has 3 heterocycles. The van der Waals surface area contributed by atoms with Gasteiger partial charge in [-0.1, -0.05) is 47.1 Å². The number of rotatable bonds is 3. The molecule has 1 amide bonds. The number of nitrogens with zero attached hydrogens (tertiary/aromatic N) is 3. The third kappa shape index (κ3) is 3.87. The number of carbonyl (C=O) groups is 1. The molecular formula is C22H19Cl2N5OS. The zero-order chi connectivity index (χ0) is 21.5. The van der Waals surface area contributed by atoms with Crippen molar-refractivity contribution in [3.8, 4) is 0 Å². The van der Waals surface area contributed by atoms with E-state index in [2.05, 4.69) is 32.7 Å². The van der Waals surface area contributed by atoms with Crippen molar-refractivity contribution in [3.05, 3.63) is 69.3 Å². The van der Waals surface area contributed by atoms with E-state index in [4.69, 9.17) is 23.2 Å². The molecule has 1 aromatic heterocycles. The molecule has 1 atom stereocenters. The van der Waals surface area contributed by atoms with E-state index in [9.17, 15) is 4.79 Å². The fraction of sp³-hybridized carbons (Fsp3) is 0.227. The van der Waals surface area contributed by atoms with Crippen LogP contribution in [0.4, 0.5) is 17.3 Å². The Kier molecular flexibility index (Phi) is 5.52. The second kappa shape index (κ2) is 8.31. The molecule has 0 spiro atoms. The van der Waals surface area contributed by atoms with Gasteiger partial charge in [0.15, 0.2) is 0 Å². The lowest BCUT2D eigenvalue weighted by Crippen LogP contribution is -2.41. The van der Waals surface area contributed by atoms with Gasteiger partial charge in [-0.15, -0.1) is 0 Å². The number of hydrogen-bond acceptors (Lipinski definition) is 6. The summed E-state index contributed by atoms with van der Waals surface area (Å²) in [5.74, 6) is 0.244. The number of halogens is 2. The van der Waals surface area contributed by atoms with E-state index < -0.39 is 0 Å². The van der Waals surface area contributed by atoms with Crippen molar-refractivity contribution in [1.82, 2.24) is 15.3 Å². The van der Waals surface area contributed by atoms with Crippen LogP contribution in [0, 0.1) is 0 Å². The second-order valence-corrected chi connectivity index (χ2v) is 9.53. The monoisotopic (exact) mass is 471 g/mol. The maximum Gasteiger partial charge on any atom is 0.263 e. The molecule has 2 aliphatic heterocycles. The van der Waals surface area contributed by atoms with E-state index in [1.807, 2.05) is 13.0 Å². The maximum atomic E-state index is 13.3. The maximum absolute atomic E-state index is 13.3. The molecule has 1 unspecified atom stereocenters. The van der Waals surface area contributed by atoms with Crippen molar-refractivity contribution in [3.63, 3.8) is 0 Å². The van der Waals surface area contributed by atoms with Gasteiger partial charge in [-0.3, -0.25) is 9.69 Å². The van der Waals surface area contributed by atoms with Crippen LogP contribution in [0.5, 0.6) is 0 Å². The lowest BCUT2D eigenvalue weighted by molar-refractivity contribution is 0.0979. The fourth-order valence-electron chi connectivity index (χ4n) is 3.86. The predicted molar refractivity (Wildman–Crippen MR) is 126 cm³/mol. The first kappa shape index (κ1) is 20.6. The van der Waals surface area contributed by atoms with Gasteiger partial charge in [0.25, 0.3) is 5.91 Å². The Balaban J connectivity index is 1.43. The highest BCUT2D eigenvalue weighted by atomic mass is 35.5. The van der Waals surface area contributed by atoms with Gasteiger partial charge in [0.1, 0.15) is 5.03 Å². The molecule has 0 fully saturated rings. The van der Waals surface area contributed by atoms with Gasteiger partial charge in [0, 0.05) is 18.4 Å². The number of hydrogen-bond donors (Lipinski definition) is 2. The molecule has 0 saturated carbocycles. The summed E-state index contributed by atoms with van der Waals surface area (Å²) >= 11 is 14.2. The number of aromatic nitrogens is 2. The van der Waals surface area contributed by atoms with Gasteiger partial charge in [-0.05, 0) is 55.3 Å². The molecule has 0 aliphatic carbocycles. The molecule has 2 aromatic carbocycles. The molecule has 2 N–H and O–H groups in total. The van der Waals surface area contributed by atoms with E-state index in [1.165, 1.54) is 22.9 Å². The number of carbonyl (C=O) groups excluding carboxylic acids is 1. The molecule has 158 valence electrons. The molecule has 9 heteroatoms. The van der Waals surface area contributed by atoms with Crippen molar-refractivity contribution in [1.29, 1.82) is 0 Å². The minimum Gasteiger partial charge on any atom is -0.324 e. The number of benzene rings is 2. The molecule has 3 aromatic rings. The smallest absolute Gasteiger partial charge is 0.263 e. The number of para-hydroxylation sites is 1. The molecule has 5 rings (SSSR count). The number of amides is 1. The van der Waals surface area contributed by atoms with Crippen molar-refractivity contribution < 1.29 is 4.79 Å². The number of thioether (sulfide) groups is 1. The minimum atomic E-state index is -0.226. The molecular weight excluding hydrogens is 453 g/mol. The Hall–Kier alpha value is -2.32. The van der Waals surface area contributed by atoms with Gasteiger partial charge in [-0.25, -0.2) is 9.97 Å². The van der Waals surface area contributed by atoms with E-state index in [1.54, 1.807) is 29.3 Å². The van der Waals surface area contributed by atoms with Crippen LogP contribution in [0.25, 0.3) is 0 Å². The number of fused-ring (bicyclic) bond motifs is 2. The third-order valence-electron chi connectivity index (χ3n) is 5.38. The van der Waals surface area contributed by atoms with Crippen LogP contribution in [0.2, 0.25) is 10.0 Å². The van der Waals surface area contributed by atoms with E-state index in [0.717, 1.165) is 25.2 Å². The van der Waals surface area contributed by atoms with E-state index >= 15 is 0 Å². The van der Waals surface area contributed by atoms with Gasteiger partial charge >= 0.3 is 0 Å². The SMILES string of the molecule is CC1Sc2nc(Nc3ccc4c(c3)CCNC4)ncc2C(=O)N1c1c(Cl)cccc1Cl. The van der Waals surface area contributed by atoms with Crippen molar-refractivity contribution in [2.45, 2.75) is 30.3 Å². The zero-order valence-corrected chi connectivity index (χ0v) is 19.0. The van der Waals surface area contributed by atoms with E-state index in [-0.39, 0.29) is 11.3 Å². The van der Waals surface area contributed by atoms with Gasteiger partial charge < -0.3 is 10.6 Å². The van der Waals surface area contributed by atoms with Crippen LogP contribution in [0.15, 0.2) is 47.6 Å². The molecule has 0 radical (unpaired) electrons. The highest BCUT2D eigenvalue weighted by Gasteiger charge is 2.35. The molecule has 6 nitrogen and oxygen atoms in total. The summed E-state index contributed by atoms with van der Waals surface area (Å²) in [6, 6.07) is 11.5. The van der Waals surface area contributed by atoms with Gasteiger partial charge in [0.2, 0.25) is 5.95 Å². The second-order valence-electron chi connectivity index (χ2n) is 7.41. The van der Waals surface area contributed by atoms with Crippen molar-refractivity contribution in [2.24, 2.45) is 0 Å². The highest BCUT2D eigenvalue weighted by molar-refractivity contribution is 8.00. The zero-order valence-electron chi connectivity index (χ0n) is 16.7. The molecule has 0 bridgehead atoms. The summed E-state index contributed by atoms with van der Waals surface area (Å²) in [5.41, 5.74) is 4.52. The summed E-state index contributed by atoms with van der Waals surface area (Å²) in [6.07, 6.45) is 2.56. The topological polar surface area (TPSA) is 70.1 Å². The summed E-state index contributed by atoms with van der Waals surface area (Å²) in [5, 5.41) is 7.91. The van der Waals surface area contributed by atoms with Crippen LogP contribution in [0.3, 0.4) is 0 Å². The summed E-state index contributed by atoms with van der Waals surface area (Å²) < 4.78 is 0. The van der Waals surface area contributed by atoms with E-state index in [0.29, 0.717) is 32.3 Å². The van der Waals surface area contributed by atoms with Crippen LogP contribution >= 0.6 is 35.0 Å². The Labute approximate surface area is 194 Å². The van der Waals surface area contributed by atoms with Crippen LogP contribution in [-0.2, 0) is 13.0 Å². The molecule has 0 saturated heterocycles. The van der Waals surface area contributed by atoms with Gasteiger partial charge in [0.05, 0.1) is 26.7 Å². The summed E-state index contributed by atoms with van der Waals surface area (Å²) in [6.45, 7) is 3.81. The third-order valence-corrected chi connectivity index (χ3v) is 7.07. The molecule has 2 aliphatic rings. The van der Waals surface area contributed by atoms with Crippen LogP contribution in [0.1, 0.15) is 28.4 Å². The Morgan fingerprint density at radius 1 is 1.19 bits per heavy atom. The summed E-state index contributed by atoms with van der Waals surface area (Å²) in [4.78, 5) is 23.8. The number of nitrogens with one attached hydrogen (secondary N) is 2. The largest absolute Gasteiger partial charge is 0.324 e. The average Bonchev–Trinajstić information content (AvgIpc) is 2.75.